The third-order valence-corrected chi connectivity index (χ3v) is 5.31. The molecule has 4 rings (SSSR count). The van der Waals surface area contributed by atoms with Crippen molar-refractivity contribution >= 4 is 28.8 Å². The predicted molar refractivity (Wildman–Crippen MR) is 101 cm³/mol. The summed E-state index contributed by atoms with van der Waals surface area (Å²) in [5.74, 6) is 1.63. The number of hydrogen-bond donors (Lipinski definition) is 1. The zero-order chi connectivity index (χ0) is 17.2. The Morgan fingerprint density at radius 3 is 2.84 bits per heavy atom. The van der Waals surface area contributed by atoms with Gasteiger partial charge in [-0.3, -0.25) is 0 Å². The Labute approximate surface area is 155 Å². The Morgan fingerprint density at radius 1 is 1.16 bits per heavy atom. The highest BCUT2D eigenvalue weighted by Gasteiger charge is 2.19. The van der Waals surface area contributed by atoms with Crippen molar-refractivity contribution in [3.8, 4) is 11.4 Å². The van der Waals surface area contributed by atoms with E-state index in [-0.39, 0.29) is 0 Å². The average molecular weight is 372 g/mol. The Balaban J connectivity index is 1.69. The molecule has 1 aliphatic carbocycles. The van der Waals surface area contributed by atoms with E-state index >= 15 is 0 Å². The largest absolute Gasteiger partial charge is 0.363 e. The lowest BCUT2D eigenvalue weighted by Crippen LogP contribution is -2.13. The number of nitrogens with one attached hydrogen (secondary N) is 1. The summed E-state index contributed by atoms with van der Waals surface area (Å²) >= 11 is 7.74. The molecule has 0 spiro atoms. The maximum absolute atomic E-state index is 6.14. The molecule has 0 bridgehead atoms. The van der Waals surface area contributed by atoms with Gasteiger partial charge in [-0.25, -0.2) is 9.97 Å². The van der Waals surface area contributed by atoms with E-state index in [0.29, 0.717) is 11.6 Å². The van der Waals surface area contributed by atoms with Gasteiger partial charge < -0.3 is 5.32 Å². The molecule has 0 saturated carbocycles. The van der Waals surface area contributed by atoms with E-state index in [4.69, 9.17) is 21.6 Å². The number of fused-ring (bicyclic) bond motifs is 1. The van der Waals surface area contributed by atoms with E-state index in [9.17, 15) is 0 Å². The van der Waals surface area contributed by atoms with Gasteiger partial charge >= 0.3 is 0 Å². The Morgan fingerprint density at radius 2 is 2.04 bits per heavy atom. The van der Waals surface area contributed by atoms with Crippen molar-refractivity contribution in [2.24, 2.45) is 0 Å². The Hall–Kier alpha value is -2.05. The highest BCUT2D eigenvalue weighted by Crippen LogP contribution is 2.29. The maximum Gasteiger partial charge on any atom is 0.161 e. The molecule has 1 aromatic carbocycles. The molecular formula is C18H18ClN5S. The Kier molecular flexibility index (Phi) is 4.63. The molecule has 2 heterocycles. The minimum absolute atomic E-state index is 0.629. The molecule has 3 aromatic rings. The van der Waals surface area contributed by atoms with Crippen molar-refractivity contribution < 1.29 is 0 Å². The molecule has 25 heavy (non-hydrogen) atoms. The highest BCUT2D eigenvalue weighted by atomic mass is 35.5. The molecule has 0 radical (unpaired) electrons. The molecule has 0 unspecified atom stereocenters. The topological polar surface area (TPSA) is 63.6 Å². The number of aryl methyl sites for hydroxylation is 2. The second kappa shape index (κ2) is 7.06. The molecule has 0 fully saturated rings. The average Bonchev–Trinajstić information content (AvgIpc) is 3.05. The smallest absolute Gasteiger partial charge is 0.161 e. The quantitative estimate of drug-likeness (QED) is 0.734. The van der Waals surface area contributed by atoms with Gasteiger partial charge in [0, 0.05) is 21.8 Å². The number of halogens is 1. The van der Waals surface area contributed by atoms with Gasteiger partial charge in [-0.15, -0.1) is 10.2 Å². The molecule has 7 heteroatoms. The van der Waals surface area contributed by atoms with Crippen LogP contribution in [0.4, 0.5) is 5.82 Å². The van der Waals surface area contributed by atoms with Crippen LogP contribution in [0.5, 0.6) is 0 Å². The summed E-state index contributed by atoms with van der Waals surface area (Å²) < 4.78 is 0. The summed E-state index contributed by atoms with van der Waals surface area (Å²) in [6.07, 6.45) is 4.37. The number of anilines is 1. The number of aromatic nitrogens is 4. The van der Waals surface area contributed by atoms with E-state index in [0.717, 1.165) is 45.8 Å². The molecule has 1 aliphatic rings. The van der Waals surface area contributed by atoms with E-state index in [1.807, 2.05) is 31.2 Å². The van der Waals surface area contributed by atoms with Gasteiger partial charge in [-0.1, -0.05) is 35.1 Å². The van der Waals surface area contributed by atoms with Crippen LogP contribution in [0.1, 0.15) is 34.1 Å². The number of nitrogens with zero attached hydrogens (tertiary/aromatic N) is 4. The molecule has 128 valence electrons. The van der Waals surface area contributed by atoms with Crippen molar-refractivity contribution in [2.45, 2.75) is 39.2 Å². The van der Waals surface area contributed by atoms with Crippen LogP contribution in [-0.2, 0) is 19.4 Å². The van der Waals surface area contributed by atoms with E-state index in [1.165, 1.54) is 18.4 Å². The first-order valence-electron chi connectivity index (χ1n) is 8.37. The third kappa shape index (κ3) is 3.65. The molecule has 2 aromatic heterocycles. The van der Waals surface area contributed by atoms with Crippen LogP contribution in [-0.4, -0.2) is 20.2 Å². The van der Waals surface area contributed by atoms with Gasteiger partial charge in [0.2, 0.25) is 0 Å². The molecule has 5 nitrogen and oxygen atoms in total. The van der Waals surface area contributed by atoms with Gasteiger partial charge in [0.1, 0.15) is 15.8 Å². The summed E-state index contributed by atoms with van der Waals surface area (Å²) in [5.41, 5.74) is 3.32. The fraction of sp³-hybridized carbons (Fsp3) is 0.333. The van der Waals surface area contributed by atoms with Gasteiger partial charge in [-0.05, 0) is 44.7 Å². The minimum atomic E-state index is 0.629. The molecular weight excluding hydrogens is 354 g/mol. The van der Waals surface area contributed by atoms with Crippen molar-refractivity contribution in [1.29, 1.82) is 0 Å². The first-order chi connectivity index (χ1) is 12.2. The van der Waals surface area contributed by atoms with Crippen LogP contribution < -0.4 is 5.32 Å². The van der Waals surface area contributed by atoms with Crippen molar-refractivity contribution in [2.75, 3.05) is 5.32 Å². The number of benzene rings is 1. The van der Waals surface area contributed by atoms with Crippen LogP contribution in [0.15, 0.2) is 24.3 Å². The minimum Gasteiger partial charge on any atom is -0.363 e. The maximum atomic E-state index is 6.14. The van der Waals surface area contributed by atoms with Crippen molar-refractivity contribution in [3.63, 3.8) is 0 Å². The first-order valence-corrected chi connectivity index (χ1v) is 9.57. The molecule has 0 atom stereocenters. The van der Waals surface area contributed by atoms with Crippen LogP contribution in [0, 0.1) is 6.92 Å². The lowest BCUT2D eigenvalue weighted by molar-refractivity contribution is 0.664. The zero-order valence-corrected chi connectivity index (χ0v) is 15.5. The van der Waals surface area contributed by atoms with Crippen LogP contribution in [0.25, 0.3) is 11.4 Å². The number of hydrogen-bond acceptors (Lipinski definition) is 6. The van der Waals surface area contributed by atoms with Gasteiger partial charge in [0.25, 0.3) is 0 Å². The van der Waals surface area contributed by atoms with E-state index in [1.54, 1.807) is 11.3 Å². The van der Waals surface area contributed by atoms with Crippen molar-refractivity contribution in [1.82, 2.24) is 20.2 Å². The van der Waals surface area contributed by atoms with Crippen molar-refractivity contribution in [3.05, 3.63) is 50.6 Å². The summed E-state index contributed by atoms with van der Waals surface area (Å²) in [6, 6.07) is 7.69. The Bertz CT molecular complexity index is 908. The first kappa shape index (κ1) is 16.4. The summed E-state index contributed by atoms with van der Waals surface area (Å²) in [5, 5.41) is 14.3. The lowest BCUT2D eigenvalue weighted by atomic mass is 9.96. The summed E-state index contributed by atoms with van der Waals surface area (Å²) in [4.78, 5) is 9.60. The summed E-state index contributed by atoms with van der Waals surface area (Å²) in [7, 11) is 0. The van der Waals surface area contributed by atoms with Crippen LogP contribution >= 0.6 is 22.9 Å². The lowest BCUT2D eigenvalue weighted by Gasteiger charge is -2.19. The summed E-state index contributed by atoms with van der Waals surface area (Å²) in [6.45, 7) is 2.59. The molecule has 0 aliphatic heterocycles. The molecule has 0 amide bonds. The zero-order valence-electron chi connectivity index (χ0n) is 13.9. The van der Waals surface area contributed by atoms with E-state index in [2.05, 4.69) is 15.5 Å². The SMILES string of the molecule is Cc1nnc(CNc2nc(-c3cccc(Cl)c3)nc3c2CCCC3)s1. The fourth-order valence-electron chi connectivity index (χ4n) is 3.07. The molecule has 0 saturated heterocycles. The van der Waals surface area contributed by atoms with Crippen LogP contribution in [0.2, 0.25) is 5.02 Å². The van der Waals surface area contributed by atoms with Gasteiger partial charge in [-0.2, -0.15) is 0 Å². The monoisotopic (exact) mass is 371 g/mol. The predicted octanol–water partition coefficient (Wildman–Crippen LogP) is 4.45. The second-order valence-electron chi connectivity index (χ2n) is 6.11. The van der Waals surface area contributed by atoms with Gasteiger partial charge in [0.15, 0.2) is 5.82 Å². The van der Waals surface area contributed by atoms with Gasteiger partial charge in [0.05, 0.1) is 6.54 Å². The normalized spacial score (nSPS) is 13.5. The third-order valence-electron chi connectivity index (χ3n) is 4.24. The standard InChI is InChI=1S/C18H18ClN5S/c1-11-23-24-16(25-11)10-20-18-14-7-2-3-8-15(14)21-17(22-18)12-5-4-6-13(19)9-12/h4-6,9H,2-3,7-8,10H2,1H3,(H,20,21,22). The number of rotatable bonds is 4. The second-order valence-corrected chi connectivity index (χ2v) is 7.81. The highest BCUT2D eigenvalue weighted by molar-refractivity contribution is 7.11. The molecule has 1 N–H and O–H groups in total. The fourth-order valence-corrected chi connectivity index (χ4v) is 3.90. The van der Waals surface area contributed by atoms with Crippen LogP contribution in [0.3, 0.4) is 0 Å². The van der Waals surface area contributed by atoms with E-state index < -0.39 is 0 Å².